The first-order valence-corrected chi connectivity index (χ1v) is 8.80. The van der Waals surface area contributed by atoms with Crippen molar-refractivity contribution >= 4 is 11.3 Å². The Balaban J connectivity index is 1.53. The maximum absolute atomic E-state index is 5.22. The molecule has 0 unspecified atom stereocenters. The summed E-state index contributed by atoms with van der Waals surface area (Å²) in [5, 5.41) is 8.81. The second kappa shape index (κ2) is 6.33. The highest BCUT2D eigenvalue weighted by molar-refractivity contribution is 7.09. The number of nitrogens with zero attached hydrogens (tertiary/aromatic N) is 5. The molecule has 0 saturated carbocycles. The van der Waals surface area contributed by atoms with E-state index in [0.717, 1.165) is 54.8 Å². The first-order chi connectivity index (χ1) is 11.7. The third kappa shape index (κ3) is 2.81. The van der Waals surface area contributed by atoms with E-state index in [1.807, 2.05) is 29.8 Å². The number of aromatic nitrogens is 4. The van der Waals surface area contributed by atoms with Crippen molar-refractivity contribution in [2.75, 3.05) is 13.7 Å². The number of methoxy groups -OCH3 is 1. The Morgan fingerprint density at radius 3 is 2.71 bits per heavy atom. The molecule has 4 rings (SSSR count). The van der Waals surface area contributed by atoms with Crippen molar-refractivity contribution in [3.63, 3.8) is 0 Å². The van der Waals surface area contributed by atoms with Crippen molar-refractivity contribution in [1.82, 2.24) is 24.6 Å². The van der Waals surface area contributed by atoms with Crippen LogP contribution in [0.25, 0.3) is 11.4 Å². The van der Waals surface area contributed by atoms with Gasteiger partial charge in [0, 0.05) is 30.1 Å². The van der Waals surface area contributed by atoms with Gasteiger partial charge in [-0.1, -0.05) is 0 Å². The molecular formula is C17H19N5OS. The molecule has 2 aromatic heterocycles. The maximum atomic E-state index is 5.22. The van der Waals surface area contributed by atoms with E-state index in [-0.39, 0.29) is 0 Å². The van der Waals surface area contributed by atoms with Gasteiger partial charge in [0.25, 0.3) is 0 Å². The molecule has 0 fully saturated rings. The minimum atomic E-state index is 0.820. The number of thiazole rings is 1. The van der Waals surface area contributed by atoms with Gasteiger partial charge in [0.2, 0.25) is 0 Å². The van der Waals surface area contributed by atoms with Gasteiger partial charge in [-0.15, -0.1) is 21.5 Å². The molecular weight excluding hydrogens is 322 g/mol. The number of fused-ring (bicyclic) bond motifs is 1. The number of hydrogen-bond donors (Lipinski definition) is 0. The zero-order chi connectivity index (χ0) is 16.5. The van der Waals surface area contributed by atoms with Crippen LogP contribution in [0.5, 0.6) is 5.75 Å². The van der Waals surface area contributed by atoms with Crippen LogP contribution in [0.4, 0.5) is 0 Å². The highest BCUT2D eigenvalue weighted by Gasteiger charge is 2.22. The summed E-state index contributed by atoms with van der Waals surface area (Å²) in [5.41, 5.74) is 4.12. The Morgan fingerprint density at radius 2 is 2.00 bits per heavy atom. The van der Waals surface area contributed by atoms with Gasteiger partial charge in [-0.3, -0.25) is 4.90 Å². The molecule has 0 atom stereocenters. The van der Waals surface area contributed by atoms with Gasteiger partial charge in [-0.2, -0.15) is 0 Å². The Kier molecular flexibility index (Phi) is 4.03. The molecule has 124 valence electrons. The molecule has 3 aromatic rings. The van der Waals surface area contributed by atoms with Gasteiger partial charge in [0.15, 0.2) is 5.82 Å². The van der Waals surface area contributed by atoms with Crippen molar-refractivity contribution in [3.05, 3.63) is 46.2 Å². The second-order valence-corrected chi connectivity index (χ2v) is 6.83. The quantitative estimate of drug-likeness (QED) is 0.730. The van der Waals surface area contributed by atoms with E-state index in [2.05, 4.69) is 31.6 Å². The van der Waals surface area contributed by atoms with Gasteiger partial charge in [-0.25, -0.2) is 4.98 Å². The van der Waals surface area contributed by atoms with Crippen molar-refractivity contribution in [2.24, 2.45) is 0 Å². The zero-order valence-corrected chi connectivity index (χ0v) is 14.6. The lowest BCUT2D eigenvalue weighted by Crippen LogP contribution is -2.33. The van der Waals surface area contributed by atoms with Gasteiger partial charge >= 0.3 is 0 Å². The lowest BCUT2D eigenvalue weighted by molar-refractivity contribution is 0.211. The molecule has 0 spiro atoms. The monoisotopic (exact) mass is 341 g/mol. The lowest BCUT2D eigenvalue weighted by Gasteiger charge is -2.27. The zero-order valence-electron chi connectivity index (χ0n) is 13.8. The normalized spacial score (nSPS) is 14.6. The van der Waals surface area contributed by atoms with Gasteiger partial charge in [-0.05, 0) is 31.2 Å². The second-order valence-electron chi connectivity index (χ2n) is 5.89. The smallest absolute Gasteiger partial charge is 0.164 e. The Labute approximate surface area is 144 Å². The van der Waals surface area contributed by atoms with E-state index in [1.165, 1.54) is 4.88 Å². The van der Waals surface area contributed by atoms with Crippen LogP contribution >= 0.6 is 11.3 Å². The van der Waals surface area contributed by atoms with Crippen molar-refractivity contribution in [1.29, 1.82) is 0 Å². The number of hydrogen-bond acceptors (Lipinski definition) is 6. The van der Waals surface area contributed by atoms with Crippen LogP contribution in [0.2, 0.25) is 0 Å². The molecule has 0 aliphatic carbocycles. The first-order valence-electron chi connectivity index (χ1n) is 7.92. The topological polar surface area (TPSA) is 56.1 Å². The van der Waals surface area contributed by atoms with Gasteiger partial charge in [0.05, 0.1) is 24.9 Å². The third-order valence-electron chi connectivity index (χ3n) is 4.39. The van der Waals surface area contributed by atoms with E-state index >= 15 is 0 Å². The predicted molar refractivity (Wildman–Crippen MR) is 93.0 cm³/mol. The summed E-state index contributed by atoms with van der Waals surface area (Å²) in [7, 11) is 1.67. The number of benzene rings is 1. The highest BCUT2D eigenvalue weighted by Crippen LogP contribution is 2.25. The van der Waals surface area contributed by atoms with E-state index in [1.54, 1.807) is 18.4 Å². The average molecular weight is 341 g/mol. The van der Waals surface area contributed by atoms with Crippen LogP contribution in [0.15, 0.2) is 29.8 Å². The number of aryl methyl sites for hydroxylation is 1. The predicted octanol–water partition coefficient (Wildman–Crippen LogP) is 2.73. The van der Waals surface area contributed by atoms with Crippen LogP contribution in [-0.4, -0.2) is 38.3 Å². The SMILES string of the molecule is COc1ccc(-c2nnc3n2CCN(Cc2scnc2C)C3)cc1. The molecule has 1 aliphatic heterocycles. The molecule has 0 saturated heterocycles. The molecule has 0 bridgehead atoms. The highest BCUT2D eigenvalue weighted by atomic mass is 32.1. The first kappa shape index (κ1) is 15.3. The largest absolute Gasteiger partial charge is 0.497 e. The minimum absolute atomic E-state index is 0.820. The van der Waals surface area contributed by atoms with Crippen LogP contribution < -0.4 is 4.74 Å². The maximum Gasteiger partial charge on any atom is 0.164 e. The van der Waals surface area contributed by atoms with Crippen molar-refractivity contribution in [2.45, 2.75) is 26.6 Å². The molecule has 1 aliphatic rings. The minimum Gasteiger partial charge on any atom is -0.497 e. The Bertz CT molecular complexity index is 839. The third-order valence-corrected chi connectivity index (χ3v) is 5.31. The van der Waals surface area contributed by atoms with Crippen molar-refractivity contribution < 1.29 is 4.74 Å². The molecule has 6 nitrogen and oxygen atoms in total. The summed E-state index contributed by atoms with van der Waals surface area (Å²) in [6.45, 7) is 5.72. The fourth-order valence-electron chi connectivity index (χ4n) is 2.98. The van der Waals surface area contributed by atoms with E-state index in [4.69, 9.17) is 4.74 Å². The molecule has 0 N–H and O–H groups in total. The Hall–Kier alpha value is -2.25. The van der Waals surface area contributed by atoms with Gasteiger partial charge < -0.3 is 9.30 Å². The molecule has 3 heterocycles. The van der Waals surface area contributed by atoms with Crippen LogP contribution in [0.3, 0.4) is 0 Å². The molecule has 0 radical (unpaired) electrons. The number of rotatable bonds is 4. The molecule has 7 heteroatoms. The fourth-order valence-corrected chi connectivity index (χ4v) is 3.80. The van der Waals surface area contributed by atoms with Crippen molar-refractivity contribution in [3.8, 4) is 17.1 Å². The Morgan fingerprint density at radius 1 is 1.17 bits per heavy atom. The van der Waals surface area contributed by atoms with E-state index in [0.29, 0.717) is 0 Å². The summed E-state index contributed by atoms with van der Waals surface area (Å²) < 4.78 is 7.44. The van der Waals surface area contributed by atoms with Gasteiger partial charge in [0.1, 0.15) is 11.6 Å². The van der Waals surface area contributed by atoms with Crippen LogP contribution in [0.1, 0.15) is 16.4 Å². The fraction of sp³-hybridized carbons (Fsp3) is 0.353. The molecule has 24 heavy (non-hydrogen) atoms. The lowest BCUT2D eigenvalue weighted by atomic mass is 10.2. The molecule has 1 aromatic carbocycles. The number of ether oxygens (including phenoxy) is 1. The summed E-state index contributed by atoms with van der Waals surface area (Å²) in [6, 6.07) is 7.98. The van der Waals surface area contributed by atoms with Crippen LogP contribution in [0, 0.1) is 6.92 Å². The summed E-state index contributed by atoms with van der Waals surface area (Å²) in [5.74, 6) is 2.80. The van der Waals surface area contributed by atoms with E-state index in [9.17, 15) is 0 Å². The molecule has 0 amide bonds. The summed E-state index contributed by atoms with van der Waals surface area (Å²) in [4.78, 5) is 8.07. The average Bonchev–Trinajstić information content (AvgIpc) is 3.21. The van der Waals surface area contributed by atoms with Crippen LogP contribution in [-0.2, 0) is 19.6 Å². The van der Waals surface area contributed by atoms with E-state index < -0.39 is 0 Å². The summed E-state index contributed by atoms with van der Waals surface area (Å²) >= 11 is 1.72. The standard InChI is InChI=1S/C17H19N5OS/c1-12-15(24-11-18-12)9-21-7-8-22-16(10-21)19-20-17(22)13-3-5-14(23-2)6-4-13/h3-6,11H,7-10H2,1-2H3. The summed E-state index contributed by atoms with van der Waals surface area (Å²) in [6.07, 6.45) is 0.